The minimum Gasteiger partial charge on any atom is -0.494 e. The lowest BCUT2D eigenvalue weighted by Gasteiger charge is -2.31. The van der Waals surface area contributed by atoms with Gasteiger partial charge in [0.15, 0.2) is 5.16 Å². The molecule has 1 aromatic heterocycles. The van der Waals surface area contributed by atoms with Gasteiger partial charge in [0.25, 0.3) is 0 Å². The third-order valence-corrected chi connectivity index (χ3v) is 5.11. The number of aromatic nitrogens is 2. The number of carbonyl (C=O) groups excluding carboxylic acids is 2. The number of thioether (sulfide) groups is 1. The number of nitrogens with zero attached hydrogens (tertiary/aromatic N) is 2. The molecule has 1 atom stereocenters. The van der Waals surface area contributed by atoms with Crippen molar-refractivity contribution in [2.75, 3.05) is 25.4 Å². The summed E-state index contributed by atoms with van der Waals surface area (Å²) in [5.41, 5.74) is 7.08. The fourth-order valence-corrected chi connectivity index (χ4v) is 3.74. The van der Waals surface area contributed by atoms with Gasteiger partial charge in [-0.1, -0.05) is 11.8 Å². The first kappa shape index (κ1) is 17.6. The van der Waals surface area contributed by atoms with Gasteiger partial charge in [-0.25, -0.2) is 4.98 Å². The van der Waals surface area contributed by atoms with Crippen LogP contribution in [-0.4, -0.2) is 52.1 Å². The Labute approximate surface area is 150 Å². The van der Waals surface area contributed by atoms with E-state index in [4.69, 9.17) is 10.5 Å². The molecule has 2 aromatic rings. The van der Waals surface area contributed by atoms with Crippen molar-refractivity contribution in [3.63, 3.8) is 0 Å². The van der Waals surface area contributed by atoms with Crippen LogP contribution in [0.1, 0.15) is 19.8 Å². The summed E-state index contributed by atoms with van der Waals surface area (Å²) in [6.45, 7) is 3.65. The summed E-state index contributed by atoms with van der Waals surface area (Å²) >= 11 is 1.36. The molecule has 2 heterocycles. The number of H-pyrrole nitrogens is 1. The SMILES string of the molecule is CCOc1ccc2nc(SCC(=O)N3CCC[C@@H](C(N)=O)C3)[nH]c2c1. The van der Waals surface area contributed by atoms with Gasteiger partial charge >= 0.3 is 0 Å². The molecule has 2 amide bonds. The number of piperidine rings is 1. The number of carbonyl (C=O) groups is 2. The van der Waals surface area contributed by atoms with Crippen molar-refractivity contribution in [3.05, 3.63) is 18.2 Å². The smallest absolute Gasteiger partial charge is 0.233 e. The molecule has 134 valence electrons. The largest absolute Gasteiger partial charge is 0.494 e. The minimum absolute atomic E-state index is 0.00594. The number of fused-ring (bicyclic) bond motifs is 1. The highest BCUT2D eigenvalue weighted by Crippen LogP contribution is 2.24. The van der Waals surface area contributed by atoms with E-state index in [2.05, 4.69) is 9.97 Å². The molecule has 0 bridgehead atoms. The third-order valence-electron chi connectivity index (χ3n) is 4.25. The van der Waals surface area contributed by atoms with E-state index in [-0.39, 0.29) is 23.5 Å². The Morgan fingerprint density at radius 3 is 3.08 bits per heavy atom. The quantitative estimate of drug-likeness (QED) is 0.763. The van der Waals surface area contributed by atoms with Crippen LogP contribution in [0, 0.1) is 5.92 Å². The lowest BCUT2D eigenvalue weighted by molar-refractivity contribution is -0.132. The number of imidazole rings is 1. The molecule has 1 aliphatic rings. The molecule has 0 spiro atoms. The van der Waals surface area contributed by atoms with Crippen molar-refractivity contribution in [3.8, 4) is 5.75 Å². The van der Waals surface area contributed by atoms with Gasteiger partial charge in [0.1, 0.15) is 5.75 Å². The number of aromatic amines is 1. The maximum absolute atomic E-state index is 12.4. The summed E-state index contributed by atoms with van der Waals surface area (Å²) < 4.78 is 5.48. The van der Waals surface area contributed by atoms with E-state index in [1.165, 1.54) is 11.8 Å². The van der Waals surface area contributed by atoms with Crippen molar-refractivity contribution in [2.24, 2.45) is 11.7 Å². The number of nitrogens with one attached hydrogen (secondary N) is 1. The summed E-state index contributed by atoms with van der Waals surface area (Å²) in [5, 5.41) is 0.695. The zero-order chi connectivity index (χ0) is 17.8. The molecule has 0 unspecified atom stereocenters. The number of hydrogen-bond donors (Lipinski definition) is 2. The predicted octanol–water partition coefficient (Wildman–Crippen LogP) is 1.78. The number of benzene rings is 1. The normalized spacial score (nSPS) is 17.6. The van der Waals surface area contributed by atoms with Gasteiger partial charge in [0.05, 0.1) is 29.3 Å². The van der Waals surface area contributed by atoms with E-state index in [0.717, 1.165) is 29.6 Å². The lowest BCUT2D eigenvalue weighted by Crippen LogP contribution is -2.44. The maximum atomic E-state index is 12.4. The topological polar surface area (TPSA) is 101 Å². The van der Waals surface area contributed by atoms with Crippen molar-refractivity contribution >= 4 is 34.6 Å². The molecule has 0 radical (unpaired) electrons. The molecule has 1 aromatic carbocycles. The van der Waals surface area contributed by atoms with Gasteiger partial charge in [-0.05, 0) is 31.9 Å². The zero-order valence-corrected chi connectivity index (χ0v) is 15.0. The Kier molecular flexibility index (Phi) is 5.47. The Morgan fingerprint density at radius 1 is 1.48 bits per heavy atom. The summed E-state index contributed by atoms with van der Waals surface area (Å²) in [6.07, 6.45) is 1.58. The molecule has 1 aliphatic heterocycles. The molecular formula is C17H22N4O3S. The number of likely N-dealkylation sites (tertiary alicyclic amines) is 1. The second-order valence-electron chi connectivity index (χ2n) is 6.02. The predicted molar refractivity (Wildman–Crippen MR) is 96.5 cm³/mol. The number of primary amides is 1. The fourth-order valence-electron chi connectivity index (χ4n) is 2.95. The first-order chi connectivity index (χ1) is 12.1. The van der Waals surface area contributed by atoms with Crippen molar-refractivity contribution in [2.45, 2.75) is 24.9 Å². The van der Waals surface area contributed by atoms with Gasteiger partial charge in [0, 0.05) is 19.2 Å². The zero-order valence-electron chi connectivity index (χ0n) is 14.2. The van der Waals surface area contributed by atoms with E-state index < -0.39 is 0 Å². The second-order valence-corrected chi connectivity index (χ2v) is 6.99. The van der Waals surface area contributed by atoms with Crippen molar-refractivity contribution in [1.82, 2.24) is 14.9 Å². The standard InChI is InChI=1S/C17H22N4O3S/c1-2-24-12-5-6-13-14(8-12)20-17(19-13)25-10-15(22)21-7-3-4-11(9-21)16(18)23/h5-6,8,11H,2-4,7,9-10H2,1H3,(H2,18,23)(H,19,20)/t11-/m1/s1. The minimum atomic E-state index is -0.326. The number of nitrogens with two attached hydrogens (primary N) is 1. The van der Waals surface area contributed by atoms with Crippen LogP contribution in [0.15, 0.2) is 23.4 Å². The average molecular weight is 362 g/mol. The molecule has 1 saturated heterocycles. The number of ether oxygens (including phenoxy) is 1. The van der Waals surface area contributed by atoms with E-state index in [1.54, 1.807) is 4.90 Å². The van der Waals surface area contributed by atoms with E-state index >= 15 is 0 Å². The second kappa shape index (κ2) is 7.77. The van der Waals surface area contributed by atoms with Crippen LogP contribution in [0.25, 0.3) is 11.0 Å². The first-order valence-corrected chi connectivity index (χ1v) is 9.38. The van der Waals surface area contributed by atoms with Crippen LogP contribution >= 0.6 is 11.8 Å². The molecule has 3 rings (SSSR count). The summed E-state index contributed by atoms with van der Waals surface area (Å²) in [5.74, 6) is 0.519. The van der Waals surface area contributed by atoms with Crippen LogP contribution in [-0.2, 0) is 9.59 Å². The molecular weight excluding hydrogens is 340 g/mol. The van der Waals surface area contributed by atoms with Gasteiger partial charge < -0.3 is 20.4 Å². The molecule has 0 saturated carbocycles. The Hall–Kier alpha value is -2.22. The maximum Gasteiger partial charge on any atom is 0.233 e. The molecule has 0 aliphatic carbocycles. The highest BCUT2D eigenvalue weighted by atomic mass is 32.2. The average Bonchev–Trinajstić information content (AvgIpc) is 3.02. The van der Waals surface area contributed by atoms with Gasteiger partial charge in [-0.15, -0.1) is 0 Å². The molecule has 7 nitrogen and oxygen atoms in total. The molecule has 3 N–H and O–H groups in total. The van der Waals surface area contributed by atoms with Crippen molar-refractivity contribution in [1.29, 1.82) is 0 Å². The Balaban J connectivity index is 1.60. The fraction of sp³-hybridized carbons (Fsp3) is 0.471. The lowest BCUT2D eigenvalue weighted by atomic mass is 9.97. The third kappa shape index (κ3) is 4.25. The van der Waals surface area contributed by atoms with Gasteiger partial charge in [0.2, 0.25) is 11.8 Å². The highest BCUT2D eigenvalue weighted by Gasteiger charge is 2.26. The Bertz CT molecular complexity index is 776. The van der Waals surface area contributed by atoms with Gasteiger partial charge in [-0.3, -0.25) is 9.59 Å². The van der Waals surface area contributed by atoms with Crippen LogP contribution < -0.4 is 10.5 Å². The summed E-state index contributed by atoms with van der Waals surface area (Å²) in [4.78, 5) is 33.1. The number of rotatable bonds is 6. The van der Waals surface area contributed by atoms with Crippen LogP contribution in [0.5, 0.6) is 5.75 Å². The molecule has 8 heteroatoms. The van der Waals surface area contributed by atoms with Crippen LogP contribution in [0.3, 0.4) is 0 Å². The summed E-state index contributed by atoms with van der Waals surface area (Å²) in [7, 11) is 0. The summed E-state index contributed by atoms with van der Waals surface area (Å²) in [6, 6.07) is 5.68. The van der Waals surface area contributed by atoms with E-state index in [9.17, 15) is 9.59 Å². The Morgan fingerprint density at radius 2 is 2.32 bits per heavy atom. The van der Waals surface area contributed by atoms with E-state index in [1.807, 2.05) is 25.1 Å². The van der Waals surface area contributed by atoms with Gasteiger partial charge in [-0.2, -0.15) is 0 Å². The number of amides is 2. The number of hydrogen-bond acceptors (Lipinski definition) is 5. The van der Waals surface area contributed by atoms with E-state index in [0.29, 0.717) is 24.9 Å². The van der Waals surface area contributed by atoms with Crippen molar-refractivity contribution < 1.29 is 14.3 Å². The highest BCUT2D eigenvalue weighted by molar-refractivity contribution is 7.99. The molecule has 25 heavy (non-hydrogen) atoms. The monoisotopic (exact) mass is 362 g/mol. The van der Waals surface area contributed by atoms with Crippen LogP contribution in [0.4, 0.5) is 0 Å². The first-order valence-electron chi connectivity index (χ1n) is 8.39. The molecule has 1 fully saturated rings. The van der Waals surface area contributed by atoms with Crippen LogP contribution in [0.2, 0.25) is 0 Å².